The molecule has 0 bridgehead atoms. The number of rotatable bonds is 11. The van der Waals surface area contributed by atoms with Gasteiger partial charge in [-0.15, -0.1) is 0 Å². The number of hydrogen-bond acceptors (Lipinski definition) is 3. The second-order valence-electron chi connectivity index (χ2n) is 8.25. The number of nitrogens with zero attached hydrogens (tertiary/aromatic N) is 1. The number of aryl methyl sites for hydroxylation is 1. The third kappa shape index (κ3) is 7.73. The van der Waals surface area contributed by atoms with Crippen LogP contribution in [0, 0.1) is 6.92 Å². The van der Waals surface area contributed by atoms with E-state index >= 15 is 0 Å². The van der Waals surface area contributed by atoms with Crippen molar-refractivity contribution in [1.82, 2.24) is 10.2 Å². The van der Waals surface area contributed by atoms with Gasteiger partial charge in [0.2, 0.25) is 5.91 Å². The highest BCUT2D eigenvalue weighted by atomic mass is 79.9. The average Bonchev–Trinajstić information content (AvgIpc) is 2.86. The van der Waals surface area contributed by atoms with E-state index in [1.165, 1.54) is 0 Å². The number of nitrogens with one attached hydrogen (secondary N) is 1. The largest absolute Gasteiger partial charge is 0.484 e. The maximum absolute atomic E-state index is 13.5. The minimum atomic E-state index is -0.656. The maximum Gasteiger partial charge on any atom is 0.261 e. The molecule has 6 heteroatoms. The molecular formula is C28H31BrN2O3. The highest BCUT2D eigenvalue weighted by molar-refractivity contribution is 9.10. The van der Waals surface area contributed by atoms with Crippen LogP contribution >= 0.6 is 15.9 Å². The lowest BCUT2D eigenvalue weighted by molar-refractivity contribution is -0.142. The number of ether oxygens (including phenoxy) is 1. The first kappa shape index (κ1) is 25.5. The molecule has 1 N–H and O–H groups in total. The molecule has 1 unspecified atom stereocenters. The fraction of sp³-hybridized carbons (Fsp3) is 0.286. The Morgan fingerprint density at radius 2 is 1.62 bits per heavy atom. The Balaban J connectivity index is 1.87. The molecule has 5 nitrogen and oxygen atoms in total. The molecule has 0 saturated heterocycles. The zero-order valence-corrected chi connectivity index (χ0v) is 21.3. The van der Waals surface area contributed by atoms with Gasteiger partial charge in [0, 0.05) is 24.0 Å². The van der Waals surface area contributed by atoms with Gasteiger partial charge in [-0.2, -0.15) is 0 Å². The van der Waals surface area contributed by atoms with Crippen LogP contribution in [0.2, 0.25) is 0 Å². The van der Waals surface area contributed by atoms with E-state index in [9.17, 15) is 9.59 Å². The van der Waals surface area contributed by atoms with Crippen LogP contribution in [0.5, 0.6) is 5.75 Å². The van der Waals surface area contributed by atoms with Gasteiger partial charge in [0.25, 0.3) is 5.91 Å². The third-order valence-corrected chi connectivity index (χ3v) is 6.00. The predicted molar refractivity (Wildman–Crippen MR) is 139 cm³/mol. The van der Waals surface area contributed by atoms with Gasteiger partial charge in [-0.1, -0.05) is 83.0 Å². The van der Waals surface area contributed by atoms with Crippen LogP contribution in [0.25, 0.3) is 0 Å². The van der Waals surface area contributed by atoms with E-state index in [2.05, 4.69) is 21.2 Å². The molecule has 0 radical (unpaired) electrons. The van der Waals surface area contributed by atoms with Gasteiger partial charge in [0.05, 0.1) is 0 Å². The molecule has 0 spiro atoms. The number of halogens is 1. The smallest absolute Gasteiger partial charge is 0.261 e. The standard InChI is InChI=1S/C28H31BrN2O3/c1-3-17-30-28(33)26(18-22-7-5-4-6-8-22)31(19-23-11-9-21(2)10-12-23)27(32)20-34-25-15-13-24(29)14-16-25/h4-16,26H,3,17-20H2,1-2H3,(H,30,33). The summed E-state index contributed by atoms with van der Waals surface area (Å²) >= 11 is 3.40. The van der Waals surface area contributed by atoms with Crippen molar-refractivity contribution in [3.05, 3.63) is 100 Å². The maximum atomic E-state index is 13.5. The van der Waals surface area contributed by atoms with Crippen molar-refractivity contribution in [2.75, 3.05) is 13.2 Å². The molecule has 34 heavy (non-hydrogen) atoms. The zero-order valence-electron chi connectivity index (χ0n) is 19.7. The SMILES string of the molecule is CCCNC(=O)C(Cc1ccccc1)N(Cc1ccc(C)cc1)C(=O)COc1ccc(Br)cc1. The summed E-state index contributed by atoms with van der Waals surface area (Å²) in [6, 6.07) is 24.5. The lowest BCUT2D eigenvalue weighted by Crippen LogP contribution is -2.51. The van der Waals surface area contributed by atoms with Crippen LogP contribution in [-0.2, 0) is 22.6 Å². The highest BCUT2D eigenvalue weighted by Gasteiger charge is 2.30. The van der Waals surface area contributed by atoms with E-state index in [0.29, 0.717) is 25.3 Å². The molecule has 0 fully saturated rings. The Morgan fingerprint density at radius 1 is 0.941 bits per heavy atom. The Labute approximate surface area is 210 Å². The molecule has 0 saturated carbocycles. The average molecular weight is 523 g/mol. The van der Waals surface area contributed by atoms with Gasteiger partial charge >= 0.3 is 0 Å². The molecule has 2 amide bonds. The molecule has 3 aromatic rings. The third-order valence-electron chi connectivity index (χ3n) is 5.47. The lowest BCUT2D eigenvalue weighted by atomic mass is 10.0. The van der Waals surface area contributed by atoms with Crippen molar-refractivity contribution >= 4 is 27.7 Å². The Morgan fingerprint density at radius 3 is 2.26 bits per heavy atom. The van der Waals surface area contributed by atoms with Gasteiger partial charge in [-0.05, 0) is 48.7 Å². The molecule has 1 atom stereocenters. The van der Waals surface area contributed by atoms with Crippen molar-refractivity contribution in [2.24, 2.45) is 0 Å². The first-order valence-electron chi connectivity index (χ1n) is 11.5. The van der Waals surface area contributed by atoms with Crippen molar-refractivity contribution in [2.45, 2.75) is 39.3 Å². The first-order chi connectivity index (χ1) is 16.5. The minimum Gasteiger partial charge on any atom is -0.484 e. The number of hydrogen-bond donors (Lipinski definition) is 1. The predicted octanol–water partition coefficient (Wildman–Crippen LogP) is 5.30. The molecule has 3 rings (SSSR count). The Bertz CT molecular complexity index is 1050. The molecule has 178 valence electrons. The number of benzene rings is 3. The van der Waals surface area contributed by atoms with Crippen molar-refractivity contribution in [3.63, 3.8) is 0 Å². The van der Waals surface area contributed by atoms with Crippen LogP contribution < -0.4 is 10.1 Å². The van der Waals surface area contributed by atoms with E-state index in [1.807, 2.05) is 80.6 Å². The van der Waals surface area contributed by atoms with Crippen LogP contribution in [0.3, 0.4) is 0 Å². The van der Waals surface area contributed by atoms with E-state index in [1.54, 1.807) is 17.0 Å². The fourth-order valence-electron chi connectivity index (χ4n) is 3.57. The molecule has 0 aliphatic carbocycles. The summed E-state index contributed by atoms with van der Waals surface area (Å²) in [5.41, 5.74) is 3.10. The Hall–Kier alpha value is -3.12. The molecule has 0 aromatic heterocycles. The van der Waals surface area contributed by atoms with E-state index in [4.69, 9.17) is 4.74 Å². The van der Waals surface area contributed by atoms with Gasteiger partial charge in [0.15, 0.2) is 6.61 Å². The number of amides is 2. The quantitative estimate of drug-likeness (QED) is 0.371. The molecule has 0 aliphatic heterocycles. The summed E-state index contributed by atoms with van der Waals surface area (Å²) in [5.74, 6) is 0.202. The van der Waals surface area contributed by atoms with Crippen molar-refractivity contribution in [1.29, 1.82) is 0 Å². The molecule has 0 heterocycles. The van der Waals surface area contributed by atoms with E-state index in [0.717, 1.165) is 27.6 Å². The minimum absolute atomic E-state index is 0.153. The molecular weight excluding hydrogens is 492 g/mol. The van der Waals surface area contributed by atoms with Crippen molar-refractivity contribution in [3.8, 4) is 5.75 Å². The van der Waals surface area contributed by atoms with Gasteiger partial charge in [-0.25, -0.2) is 0 Å². The van der Waals surface area contributed by atoms with Crippen LogP contribution in [0.4, 0.5) is 0 Å². The first-order valence-corrected chi connectivity index (χ1v) is 12.3. The topological polar surface area (TPSA) is 58.6 Å². The van der Waals surface area contributed by atoms with Crippen LogP contribution in [0.15, 0.2) is 83.3 Å². The van der Waals surface area contributed by atoms with Crippen LogP contribution in [-0.4, -0.2) is 35.9 Å². The molecule has 0 aliphatic rings. The molecule has 3 aromatic carbocycles. The monoisotopic (exact) mass is 522 g/mol. The van der Waals surface area contributed by atoms with Crippen LogP contribution in [0.1, 0.15) is 30.0 Å². The summed E-state index contributed by atoms with van der Waals surface area (Å²) < 4.78 is 6.71. The summed E-state index contributed by atoms with van der Waals surface area (Å²) in [4.78, 5) is 28.4. The summed E-state index contributed by atoms with van der Waals surface area (Å²) in [5, 5.41) is 2.98. The lowest BCUT2D eigenvalue weighted by Gasteiger charge is -2.31. The Kier molecular flexibility index (Phi) is 9.71. The number of carbonyl (C=O) groups is 2. The number of carbonyl (C=O) groups excluding carboxylic acids is 2. The van der Waals surface area contributed by atoms with Gasteiger partial charge in [-0.3, -0.25) is 9.59 Å². The highest BCUT2D eigenvalue weighted by Crippen LogP contribution is 2.18. The normalized spacial score (nSPS) is 11.5. The summed E-state index contributed by atoms with van der Waals surface area (Å²) in [7, 11) is 0. The summed E-state index contributed by atoms with van der Waals surface area (Å²) in [6.45, 7) is 4.76. The van der Waals surface area contributed by atoms with E-state index in [-0.39, 0.29) is 18.4 Å². The van der Waals surface area contributed by atoms with Gasteiger partial charge in [0.1, 0.15) is 11.8 Å². The second kappa shape index (κ2) is 12.9. The van der Waals surface area contributed by atoms with Crippen molar-refractivity contribution < 1.29 is 14.3 Å². The second-order valence-corrected chi connectivity index (χ2v) is 9.16. The fourth-order valence-corrected chi connectivity index (χ4v) is 3.83. The van der Waals surface area contributed by atoms with E-state index < -0.39 is 6.04 Å². The summed E-state index contributed by atoms with van der Waals surface area (Å²) in [6.07, 6.45) is 1.24. The zero-order chi connectivity index (χ0) is 24.3. The van der Waals surface area contributed by atoms with Gasteiger partial charge < -0.3 is 15.0 Å².